The number of sulfone groups is 1. The van der Waals surface area contributed by atoms with E-state index in [4.69, 9.17) is 16.7 Å². The Morgan fingerprint density at radius 3 is 2.48 bits per heavy atom. The Bertz CT molecular complexity index is 768. The Kier molecular flexibility index (Phi) is 4.29. The van der Waals surface area contributed by atoms with Gasteiger partial charge in [-0.2, -0.15) is 0 Å². The third-order valence-electron chi connectivity index (χ3n) is 2.83. The van der Waals surface area contributed by atoms with Crippen LogP contribution in [-0.4, -0.2) is 40.2 Å². The second-order valence-electron chi connectivity index (χ2n) is 4.25. The first-order chi connectivity index (χ1) is 9.84. The van der Waals surface area contributed by atoms with Crippen LogP contribution in [0.1, 0.15) is 23.1 Å². The van der Waals surface area contributed by atoms with Gasteiger partial charge in [0.15, 0.2) is 15.5 Å². The van der Waals surface area contributed by atoms with Crippen molar-refractivity contribution < 1.29 is 18.3 Å². The molecule has 9 heteroatoms. The van der Waals surface area contributed by atoms with Crippen LogP contribution in [0.15, 0.2) is 24.3 Å². The van der Waals surface area contributed by atoms with E-state index in [2.05, 4.69) is 10.3 Å². The summed E-state index contributed by atoms with van der Waals surface area (Å²) in [5, 5.41) is 16.9. The largest absolute Gasteiger partial charge is 0.476 e. The molecule has 0 amide bonds. The van der Waals surface area contributed by atoms with Gasteiger partial charge in [0, 0.05) is 10.8 Å². The fourth-order valence-electron chi connectivity index (χ4n) is 1.70. The highest BCUT2D eigenvalue weighted by molar-refractivity contribution is 7.90. The number of hydrogen-bond donors (Lipinski definition) is 1. The molecule has 7 nitrogen and oxygen atoms in total. The number of aromatic nitrogens is 3. The summed E-state index contributed by atoms with van der Waals surface area (Å²) in [5.41, 5.74) is 0.134. The second-order valence-corrected chi connectivity index (χ2v) is 7.04. The third-order valence-corrected chi connectivity index (χ3v) is 4.68. The lowest BCUT2D eigenvalue weighted by Crippen LogP contribution is -2.14. The Labute approximate surface area is 126 Å². The number of aromatic carboxylic acids is 1. The van der Waals surface area contributed by atoms with Gasteiger partial charge < -0.3 is 5.11 Å². The maximum Gasteiger partial charge on any atom is 0.358 e. The topological polar surface area (TPSA) is 102 Å². The van der Waals surface area contributed by atoms with Gasteiger partial charge in [0.1, 0.15) is 0 Å². The quantitative estimate of drug-likeness (QED) is 0.893. The van der Waals surface area contributed by atoms with Crippen molar-refractivity contribution in [1.29, 1.82) is 0 Å². The van der Waals surface area contributed by atoms with Crippen LogP contribution in [0.4, 0.5) is 0 Å². The van der Waals surface area contributed by atoms with Crippen LogP contribution >= 0.6 is 11.6 Å². The number of benzene rings is 1. The van der Waals surface area contributed by atoms with Gasteiger partial charge in [-0.25, -0.2) is 17.9 Å². The van der Waals surface area contributed by atoms with Crippen LogP contribution < -0.4 is 0 Å². The first-order valence-corrected chi connectivity index (χ1v) is 8.18. The average molecular weight is 330 g/mol. The van der Waals surface area contributed by atoms with Crippen molar-refractivity contribution in [2.45, 2.75) is 12.7 Å². The molecule has 0 fully saturated rings. The summed E-state index contributed by atoms with van der Waals surface area (Å²) in [6, 6.07) is 6.39. The molecule has 0 saturated carbocycles. The zero-order chi connectivity index (χ0) is 15.6. The van der Waals surface area contributed by atoms with Crippen LogP contribution in [0, 0.1) is 0 Å². The van der Waals surface area contributed by atoms with E-state index in [9.17, 15) is 13.2 Å². The molecule has 0 unspecified atom stereocenters. The van der Waals surface area contributed by atoms with Crippen molar-refractivity contribution in [3.63, 3.8) is 0 Å². The van der Waals surface area contributed by atoms with Crippen molar-refractivity contribution in [3.05, 3.63) is 40.7 Å². The van der Waals surface area contributed by atoms with E-state index in [0.29, 0.717) is 10.7 Å². The monoisotopic (exact) mass is 329 g/mol. The molecule has 0 radical (unpaired) electrons. The molecule has 2 rings (SSSR count). The summed E-state index contributed by atoms with van der Waals surface area (Å²) in [7, 11) is -3.43. The predicted octanol–water partition coefficient (Wildman–Crippen LogP) is 1.55. The molecule has 0 saturated heterocycles. The number of carboxylic acids is 1. The van der Waals surface area contributed by atoms with Crippen LogP contribution in [0.2, 0.25) is 5.02 Å². The van der Waals surface area contributed by atoms with E-state index >= 15 is 0 Å². The van der Waals surface area contributed by atoms with Gasteiger partial charge in [0.05, 0.1) is 17.1 Å². The maximum atomic E-state index is 11.8. The Hall–Kier alpha value is -1.93. The fourth-order valence-corrected chi connectivity index (χ4v) is 2.70. The van der Waals surface area contributed by atoms with E-state index in [0.717, 1.165) is 0 Å². The smallest absolute Gasteiger partial charge is 0.358 e. The molecule has 1 aromatic carbocycles. The molecule has 0 aliphatic carbocycles. The predicted molar refractivity (Wildman–Crippen MR) is 76.5 cm³/mol. The minimum Gasteiger partial charge on any atom is -0.476 e. The van der Waals surface area contributed by atoms with Crippen LogP contribution in [0.5, 0.6) is 0 Å². The zero-order valence-electron chi connectivity index (χ0n) is 11.0. The van der Waals surface area contributed by atoms with Crippen molar-refractivity contribution in [2.24, 2.45) is 0 Å². The van der Waals surface area contributed by atoms with Crippen molar-refractivity contribution in [2.75, 3.05) is 5.75 Å². The highest BCUT2D eigenvalue weighted by atomic mass is 35.5. The summed E-state index contributed by atoms with van der Waals surface area (Å²) >= 11 is 5.79. The Balaban J connectivity index is 2.56. The zero-order valence-corrected chi connectivity index (χ0v) is 12.6. The molecule has 1 heterocycles. The van der Waals surface area contributed by atoms with Gasteiger partial charge in [-0.05, 0) is 24.3 Å². The van der Waals surface area contributed by atoms with Gasteiger partial charge in [0.2, 0.25) is 0 Å². The van der Waals surface area contributed by atoms with E-state index in [1.165, 1.54) is 11.6 Å². The number of carboxylic acid groups (broad SMARTS) is 1. The first kappa shape index (κ1) is 15.5. The van der Waals surface area contributed by atoms with Crippen LogP contribution in [-0.2, 0) is 15.6 Å². The van der Waals surface area contributed by atoms with E-state index < -0.39 is 21.6 Å². The summed E-state index contributed by atoms with van der Waals surface area (Å²) < 4.78 is 24.8. The molecule has 0 bridgehead atoms. The lowest BCUT2D eigenvalue weighted by molar-refractivity contribution is 0.0689. The van der Waals surface area contributed by atoms with Crippen molar-refractivity contribution >= 4 is 27.4 Å². The van der Waals surface area contributed by atoms with Gasteiger partial charge in [-0.15, -0.1) is 5.10 Å². The fraction of sp³-hybridized carbons (Fsp3) is 0.250. The highest BCUT2D eigenvalue weighted by Crippen LogP contribution is 2.18. The molecular formula is C12H12ClN3O4S. The van der Waals surface area contributed by atoms with Gasteiger partial charge in [-0.3, -0.25) is 0 Å². The van der Waals surface area contributed by atoms with Crippen LogP contribution in [0.25, 0.3) is 5.69 Å². The molecular weight excluding hydrogens is 318 g/mol. The lowest BCUT2D eigenvalue weighted by atomic mass is 10.3. The Morgan fingerprint density at radius 2 is 1.95 bits per heavy atom. The molecule has 0 aliphatic rings. The number of nitrogens with zero attached hydrogens (tertiary/aromatic N) is 3. The summed E-state index contributed by atoms with van der Waals surface area (Å²) in [5.74, 6) is -1.87. The van der Waals surface area contributed by atoms with E-state index in [1.807, 2.05) is 0 Å². The molecule has 2 aromatic rings. The maximum absolute atomic E-state index is 11.8. The second kappa shape index (κ2) is 5.82. The SMILES string of the molecule is CCS(=O)(=O)Cc1c(C(=O)O)nnn1-c1ccc(Cl)cc1. The molecule has 112 valence electrons. The van der Waals surface area contributed by atoms with Crippen molar-refractivity contribution in [3.8, 4) is 5.69 Å². The minimum atomic E-state index is -3.43. The van der Waals surface area contributed by atoms with Gasteiger partial charge in [0.25, 0.3) is 0 Å². The highest BCUT2D eigenvalue weighted by Gasteiger charge is 2.24. The molecule has 1 N–H and O–H groups in total. The third kappa shape index (κ3) is 3.40. The number of rotatable bonds is 5. The first-order valence-electron chi connectivity index (χ1n) is 5.98. The van der Waals surface area contributed by atoms with E-state index in [-0.39, 0.29) is 17.1 Å². The number of halogens is 1. The average Bonchev–Trinajstić information content (AvgIpc) is 2.83. The summed E-state index contributed by atoms with van der Waals surface area (Å²) in [6.45, 7) is 1.49. The van der Waals surface area contributed by atoms with Crippen LogP contribution in [0.3, 0.4) is 0 Å². The molecule has 0 spiro atoms. The molecule has 0 atom stereocenters. The van der Waals surface area contributed by atoms with Gasteiger partial charge >= 0.3 is 5.97 Å². The minimum absolute atomic E-state index is 0.0201. The van der Waals surface area contributed by atoms with Crippen molar-refractivity contribution in [1.82, 2.24) is 15.0 Å². The standard InChI is InChI=1S/C12H12ClN3O4S/c1-2-21(19,20)7-10-11(12(17)18)14-15-16(10)9-5-3-8(13)4-6-9/h3-6H,2,7H2,1H3,(H,17,18). The molecule has 21 heavy (non-hydrogen) atoms. The molecule has 1 aromatic heterocycles. The Morgan fingerprint density at radius 1 is 1.33 bits per heavy atom. The van der Waals surface area contributed by atoms with E-state index in [1.54, 1.807) is 24.3 Å². The molecule has 0 aliphatic heterocycles. The normalized spacial score (nSPS) is 11.5. The number of carbonyl (C=O) groups is 1. The lowest BCUT2D eigenvalue weighted by Gasteiger charge is -2.07. The summed E-state index contributed by atoms with van der Waals surface area (Å²) in [4.78, 5) is 11.2. The summed E-state index contributed by atoms with van der Waals surface area (Å²) in [6.07, 6.45) is 0. The number of hydrogen-bond acceptors (Lipinski definition) is 5. The van der Waals surface area contributed by atoms with Gasteiger partial charge in [-0.1, -0.05) is 23.7 Å².